The fraction of sp³-hybridized carbons (Fsp3) is 0.333. The highest BCUT2D eigenvalue weighted by atomic mass is 19.4. The molecule has 0 saturated heterocycles. The van der Waals surface area contributed by atoms with Gasteiger partial charge in [0.25, 0.3) is 0 Å². The van der Waals surface area contributed by atoms with E-state index in [0.717, 1.165) is 7.05 Å². The molecule has 8 heteroatoms. The Morgan fingerprint density at radius 2 is 1.90 bits per heavy atom. The number of rotatable bonds is 4. The summed E-state index contributed by atoms with van der Waals surface area (Å²) in [5, 5.41) is 11.0. The normalized spacial score (nSPS) is 11.0. The number of carboxylic acid groups (broad SMARTS) is 1. The first kappa shape index (κ1) is 15.8. The molecule has 0 unspecified atom stereocenters. The summed E-state index contributed by atoms with van der Waals surface area (Å²) < 4.78 is 36.5. The summed E-state index contributed by atoms with van der Waals surface area (Å²) in [5.41, 5.74) is 0.489. The number of benzene rings is 1. The zero-order valence-electron chi connectivity index (χ0n) is 10.6. The predicted octanol–water partition coefficient (Wildman–Crippen LogP) is 2.34. The third-order valence-electron chi connectivity index (χ3n) is 2.36. The monoisotopic (exact) mass is 290 g/mol. The van der Waals surface area contributed by atoms with Gasteiger partial charge in [0.2, 0.25) is 0 Å². The Morgan fingerprint density at radius 1 is 1.30 bits per heavy atom. The number of carbonyl (C=O) groups is 2. The van der Waals surface area contributed by atoms with Crippen molar-refractivity contribution in [2.45, 2.75) is 12.6 Å². The molecule has 110 valence electrons. The first-order valence-electron chi connectivity index (χ1n) is 5.57. The van der Waals surface area contributed by atoms with Crippen LogP contribution in [-0.4, -0.2) is 41.8 Å². The van der Waals surface area contributed by atoms with Crippen LogP contribution >= 0.6 is 0 Å². The SMILES string of the molecule is CN(CC(F)(F)F)C(=O)Nc1ccccc1CC(=O)O. The van der Waals surface area contributed by atoms with E-state index in [0.29, 0.717) is 10.5 Å². The van der Waals surface area contributed by atoms with Crippen molar-refractivity contribution in [2.24, 2.45) is 0 Å². The molecule has 0 aromatic heterocycles. The molecule has 1 aromatic carbocycles. The van der Waals surface area contributed by atoms with Crippen LogP contribution in [0.4, 0.5) is 23.7 Å². The first-order chi connectivity index (χ1) is 9.19. The maximum atomic E-state index is 12.2. The van der Waals surface area contributed by atoms with Gasteiger partial charge >= 0.3 is 18.2 Å². The Morgan fingerprint density at radius 3 is 2.45 bits per heavy atom. The molecule has 0 heterocycles. The average Bonchev–Trinajstić information content (AvgIpc) is 2.28. The standard InChI is InChI=1S/C12H13F3N2O3/c1-17(7-12(13,14)15)11(20)16-9-5-3-2-4-8(9)6-10(18)19/h2-5H,6-7H2,1H3,(H,16,20)(H,18,19). The molecule has 2 amide bonds. The quantitative estimate of drug-likeness (QED) is 0.894. The number of para-hydroxylation sites is 1. The van der Waals surface area contributed by atoms with E-state index in [1.807, 2.05) is 0 Å². The predicted molar refractivity (Wildman–Crippen MR) is 65.5 cm³/mol. The van der Waals surface area contributed by atoms with E-state index in [4.69, 9.17) is 5.11 Å². The highest BCUT2D eigenvalue weighted by Gasteiger charge is 2.31. The number of anilines is 1. The molecular formula is C12H13F3N2O3. The fourth-order valence-electron chi connectivity index (χ4n) is 1.51. The minimum absolute atomic E-state index is 0.175. The summed E-state index contributed by atoms with van der Waals surface area (Å²) in [4.78, 5) is 22.7. The molecule has 0 bridgehead atoms. The summed E-state index contributed by atoms with van der Waals surface area (Å²) in [5.74, 6) is -1.10. The lowest BCUT2D eigenvalue weighted by Gasteiger charge is -2.20. The third-order valence-corrected chi connectivity index (χ3v) is 2.36. The van der Waals surface area contributed by atoms with Crippen molar-refractivity contribution in [3.63, 3.8) is 0 Å². The molecule has 1 rings (SSSR count). The van der Waals surface area contributed by atoms with E-state index in [1.54, 1.807) is 12.1 Å². The number of nitrogens with one attached hydrogen (secondary N) is 1. The van der Waals surface area contributed by atoms with Gasteiger partial charge in [-0.15, -0.1) is 0 Å². The maximum absolute atomic E-state index is 12.2. The summed E-state index contributed by atoms with van der Waals surface area (Å²) >= 11 is 0. The molecule has 5 nitrogen and oxygen atoms in total. The second-order valence-corrected chi connectivity index (χ2v) is 4.13. The lowest BCUT2D eigenvalue weighted by atomic mass is 10.1. The van der Waals surface area contributed by atoms with Crippen LogP contribution in [0.3, 0.4) is 0 Å². The van der Waals surface area contributed by atoms with Gasteiger partial charge < -0.3 is 15.3 Å². The highest BCUT2D eigenvalue weighted by molar-refractivity contribution is 5.90. The van der Waals surface area contributed by atoms with Gasteiger partial charge in [-0.05, 0) is 11.6 Å². The van der Waals surface area contributed by atoms with Gasteiger partial charge in [0.1, 0.15) is 6.54 Å². The summed E-state index contributed by atoms with van der Waals surface area (Å²) in [6.07, 6.45) is -4.83. The third kappa shape index (κ3) is 5.17. The molecular weight excluding hydrogens is 277 g/mol. The molecule has 0 spiro atoms. The topological polar surface area (TPSA) is 69.6 Å². The van der Waals surface area contributed by atoms with Crippen molar-refractivity contribution in [1.82, 2.24) is 4.90 Å². The number of carboxylic acids is 1. The smallest absolute Gasteiger partial charge is 0.406 e. The zero-order valence-corrected chi connectivity index (χ0v) is 10.6. The Balaban J connectivity index is 2.78. The van der Waals surface area contributed by atoms with E-state index in [-0.39, 0.29) is 12.1 Å². The largest absolute Gasteiger partial charge is 0.481 e. The molecule has 0 aliphatic heterocycles. The number of halogens is 3. The molecule has 2 N–H and O–H groups in total. The fourth-order valence-corrected chi connectivity index (χ4v) is 1.51. The first-order valence-corrected chi connectivity index (χ1v) is 5.57. The number of aliphatic carboxylic acids is 1. The number of nitrogens with zero attached hydrogens (tertiary/aromatic N) is 1. The number of hydrogen-bond donors (Lipinski definition) is 2. The Bertz CT molecular complexity index is 503. The second kappa shape index (κ2) is 6.27. The number of alkyl halides is 3. The van der Waals surface area contributed by atoms with Crippen LogP contribution in [0.15, 0.2) is 24.3 Å². The minimum atomic E-state index is -4.49. The van der Waals surface area contributed by atoms with E-state index >= 15 is 0 Å². The number of urea groups is 1. The van der Waals surface area contributed by atoms with Gasteiger partial charge in [-0.2, -0.15) is 13.2 Å². The van der Waals surface area contributed by atoms with Crippen LogP contribution in [0.1, 0.15) is 5.56 Å². The van der Waals surface area contributed by atoms with Crippen molar-refractivity contribution >= 4 is 17.7 Å². The maximum Gasteiger partial charge on any atom is 0.406 e. The van der Waals surface area contributed by atoms with Gasteiger partial charge in [0, 0.05) is 12.7 Å². The van der Waals surface area contributed by atoms with E-state index in [1.165, 1.54) is 12.1 Å². The lowest BCUT2D eigenvalue weighted by Crippen LogP contribution is -2.38. The molecule has 1 aromatic rings. The van der Waals surface area contributed by atoms with Gasteiger partial charge in [-0.1, -0.05) is 18.2 Å². The minimum Gasteiger partial charge on any atom is -0.481 e. The van der Waals surface area contributed by atoms with Gasteiger partial charge in [-0.25, -0.2) is 4.79 Å². The average molecular weight is 290 g/mol. The Hall–Kier alpha value is -2.25. The molecule has 0 aliphatic rings. The van der Waals surface area contributed by atoms with Crippen LogP contribution in [-0.2, 0) is 11.2 Å². The van der Waals surface area contributed by atoms with Crippen LogP contribution in [0.2, 0.25) is 0 Å². The number of carbonyl (C=O) groups excluding carboxylic acids is 1. The van der Waals surface area contributed by atoms with Crippen molar-refractivity contribution in [2.75, 3.05) is 18.9 Å². The van der Waals surface area contributed by atoms with Crippen LogP contribution < -0.4 is 5.32 Å². The summed E-state index contributed by atoms with van der Waals surface area (Å²) in [6.45, 7) is -1.39. The highest BCUT2D eigenvalue weighted by Crippen LogP contribution is 2.18. The van der Waals surface area contributed by atoms with Crippen LogP contribution in [0.5, 0.6) is 0 Å². The van der Waals surface area contributed by atoms with E-state index in [9.17, 15) is 22.8 Å². The number of amides is 2. The molecule has 0 aliphatic carbocycles. The summed E-state index contributed by atoms with van der Waals surface area (Å²) in [7, 11) is 1.00. The van der Waals surface area contributed by atoms with Crippen molar-refractivity contribution in [3.8, 4) is 0 Å². The van der Waals surface area contributed by atoms with Gasteiger partial charge in [0.15, 0.2) is 0 Å². The molecule has 0 fully saturated rings. The second-order valence-electron chi connectivity index (χ2n) is 4.13. The van der Waals surface area contributed by atoms with E-state index < -0.39 is 24.7 Å². The Kier molecular flexibility index (Phi) is 4.95. The van der Waals surface area contributed by atoms with Crippen molar-refractivity contribution in [3.05, 3.63) is 29.8 Å². The zero-order chi connectivity index (χ0) is 15.3. The lowest BCUT2D eigenvalue weighted by molar-refractivity contribution is -0.137. The van der Waals surface area contributed by atoms with Crippen LogP contribution in [0, 0.1) is 0 Å². The number of hydrogen-bond acceptors (Lipinski definition) is 2. The van der Waals surface area contributed by atoms with Crippen molar-refractivity contribution < 1.29 is 27.9 Å². The summed E-state index contributed by atoms with van der Waals surface area (Å²) in [6, 6.07) is 5.07. The van der Waals surface area contributed by atoms with Crippen LogP contribution in [0.25, 0.3) is 0 Å². The van der Waals surface area contributed by atoms with Gasteiger partial charge in [-0.3, -0.25) is 4.79 Å². The molecule has 0 atom stereocenters. The molecule has 0 saturated carbocycles. The van der Waals surface area contributed by atoms with Crippen molar-refractivity contribution in [1.29, 1.82) is 0 Å². The van der Waals surface area contributed by atoms with Gasteiger partial charge in [0.05, 0.1) is 6.42 Å². The molecule has 20 heavy (non-hydrogen) atoms. The van der Waals surface area contributed by atoms with E-state index in [2.05, 4.69) is 5.32 Å². The Labute approximate surface area is 113 Å². The molecule has 0 radical (unpaired) electrons.